The molecule has 4 heteroatoms. The maximum atomic E-state index is 5.44. The van der Waals surface area contributed by atoms with Crippen molar-refractivity contribution in [3.8, 4) is 5.75 Å². The lowest BCUT2D eigenvalue weighted by Crippen LogP contribution is -2.20. The average Bonchev–Trinajstić information content (AvgIpc) is 3.17. The van der Waals surface area contributed by atoms with Crippen LogP contribution in [0.1, 0.15) is 17.2 Å². The third-order valence-corrected chi connectivity index (χ3v) is 4.95. The summed E-state index contributed by atoms with van der Waals surface area (Å²) in [5.74, 6) is 0.878. The Labute approximate surface area is 147 Å². The lowest BCUT2D eigenvalue weighted by Gasteiger charge is -2.24. The fourth-order valence-corrected chi connectivity index (χ4v) is 3.79. The molecule has 0 amide bonds. The first-order chi connectivity index (χ1) is 12.1. The summed E-state index contributed by atoms with van der Waals surface area (Å²) in [6.45, 7) is 0. The molecule has 25 heavy (non-hydrogen) atoms. The van der Waals surface area contributed by atoms with E-state index in [0.717, 1.165) is 11.3 Å². The number of hydrogen-bond acceptors (Lipinski definition) is 2. The van der Waals surface area contributed by atoms with Gasteiger partial charge in [0.2, 0.25) is 0 Å². The molecular weight excluding hydrogens is 310 g/mol. The van der Waals surface area contributed by atoms with E-state index in [0.29, 0.717) is 0 Å². The van der Waals surface area contributed by atoms with Gasteiger partial charge in [0.25, 0.3) is 0 Å². The number of aryl methyl sites for hydroxylation is 1. The van der Waals surface area contributed by atoms with Gasteiger partial charge in [-0.3, -0.25) is 4.90 Å². The Morgan fingerprint density at radius 3 is 2.60 bits per heavy atom. The number of ether oxygens (including phenoxy) is 1. The number of aromatic amines is 1. The first-order valence-electron chi connectivity index (χ1n) is 8.45. The van der Waals surface area contributed by atoms with Crippen molar-refractivity contribution in [3.05, 3.63) is 66.0 Å². The molecule has 0 saturated heterocycles. The van der Waals surface area contributed by atoms with E-state index >= 15 is 0 Å². The van der Waals surface area contributed by atoms with Gasteiger partial charge in [-0.15, -0.1) is 0 Å². The summed E-state index contributed by atoms with van der Waals surface area (Å²) in [6.07, 6.45) is 4.37. The Hall–Kier alpha value is -2.72. The van der Waals surface area contributed by atoms with Crippen LogP contribution in [0.2, 0.25) is 0 Å². The van der Waals surface area contributed by atoms with Gasteiger partial charge in [-0.25, -0.2) is 0 Å². The Morgan fingerprint density at radius 2 is 1.84 bits per heavy atom. The lowest BCUT2D eigenvalue weighted by molar-refractivity contribution is 0.345. The quantitative estimate of drug-likeness (QED) is 0.603. The maximum absolute atomic E-state index is 5.44. The molecule has 2 aromatic carbocycles. The van der Waals surface area contributed by atoms with Crippen molar-refractivity contribution in [2.45, 2.75) is 6.04 Å². The van der Waals surface area contributed by atoms with Crippen LogP contribution < -0.4 is 4.74 Å². The molecule has 4 rings (SSSR count). The number of fused-ring (bicyclic) bond motifs is 2. The number of hydrogen-bond donors (Lipinski definition) is 1. The molecule has 4 nitrogen and oxygen atoms in total. The molecule has 0 spiro atoms. The maximum Gasteiger partial charge on any atom is 0.119 e. The summed E-state index contributed by atoms with van der Waals surface area (Å²) in [6, 6.07) is 14.9. The molecule has 4 aromatic rings. The molecule has 0 radical (unpaired) electrons. The highest BCUT2D eigenvalue weighted by molar-refractivity contribution is 5.89. The van der Waals surface area contributed by atoms with Gasteiger partial charge in [0.05, 0.1) is 13.2 Å². The minimum Gasteiger partial charge on any atom is -0.497 e. The van der Waals surface area contributed by atoms with Crippen molar-refractivity contribution in [2.75, 3.05) is 21.2 Å². The van der Waals surface area contributed by atoms with Gasteiger partial charge in [-0.2, -0.15) is 0 Å². The van der Waals surface area contributed by atoms with Gasteiger partial charge in [0.15, 0.2) is 0 Å². The van der Waals surface area contributed by atoms with Crippen LogP contribution in [0.3, 0.4) is 0 Å². The standard InChI is InChI=1S/C21H23N3O/c1-23(2)21(18-13-24(3)20-8-6-5-7-15(18)20)17-12-22-19-10-9-14(25-4)11-16(17)19/h5-13,21-22H,1-4H3. The Bertz CT molecular complexity index is 1040. The molecule has 0 aliphatic carbocycles. The van der Waals surface area contributed by atoms with E-state index in [1.54, 1.807) is 7.11 Å². The second-order valence-corrected chi connectivity index (χ2v) is 6.73. The third kappa shape index (κ3) is 2.50. The van der Waals surface area contributed by atoms with Crippen LogP contribution in [0.15, 0.2) is 54.9 Å². The number of H-pyrrole nitrogens is 1. The fourth-order valence-electron chi connectivity index (χ4n) is 3.79. The van der Waals surface area contributed by atoms with E-state index in [9.17, 15) is 0 Å². The van der Waals surface area contributed by atoms with Crippen molar-refractivity contribution in [1.29, 1.82) is 0 Å². The first-order valence-corrected chi connectivity index (χ1v) is 8.45. The van der Waals surface area contributed by atoms with Crippen molar-refractivity contribution >= 4 is 21.8 Å². The van der Waals surface area contributed by atoms with E-state index in [2.05, 4.69) is 84.4 Å². The Kier molecular flexibility index (Phi) is 3.77. The van der Waals surface area contributed by atoms with Crippen molar-refractivity contribution in [3.63, 3.8) is 0 Å². The number of aromatic nitrogens is 2. The zero-order valence-electron chi connectivity index (χ0n) is 15.1. The molecule has 1 N–H and O–H groups in total. The lowest BCUT2D eigenvalue weighted by atomic mass is 9.96. The number of nitrogens with zero attached hydrogens (tertiary/aromatic N) is 2. The van der Waals surface area contributed by atoms with Crippen molar-refractivity contribution in [1.82, 2.24) is 14.5 Å². The highest BCUT2D eigenvalue weighted by Gasteiger charge is 2.24. The normalized spacial score (nSPS) is 13.0. The van der Waals surface area contributed by atoms with Crippen LogP contribution in [0, 0.1) is 0 Å². The summed E-state index contributed by atoms with van der Waals surface area (Å²) >= 11 is 0. The highest BCUT2D eigenvalue weighted by Crippen LogP contribution is 2.37. The summed E-state index contributed by atoms with van der Waals surface area (Å²) < 4.78 is 7.64. The van der Waals surface area contributed by atoms with Crippen LogP contribution in [-0.2, 0) is 7.05 Å². The Balaban J connectivity index is 1.96. The molecule has 0 aliphatic heterocycles. The summed E-state index contributed by atoms with van der Waals surface area (Å²) in [5, 5.41) is 2.49. The predicted molar refractivity (Wildman–Crippen MR) is 103 cm³/mol. The van der Waals surface area contributed by atoms with E-state index in [4.69, 9.17) is 4.74 Å². The average molecular weight is 333 g/mol. The van der Waals surface area contributed by atoms with Crippen molar-refractivity contribution < 1.29 is 4.74 Å². The largest absolute Gasteiger partial charge is 0.497 e. The van der Waals surface area contributed by atoms with Crippen LogP contribution in [-0.4, -0.2) is 35.7 Å². The van der Waals surface area contributed by atoms with Crippen molar-refractivity contribution in [2.24, 2.45) is 7.05 Å². The number of para-hydroxylation sites is 1. The second kappa shape index (κ2) is 5.97. The summed E-state index contributed by atoms with van der Waals surface area (Å²) in [5.41, 5.74) is 4.95. The van der Waals surface area contributed by atoms with E-state index in [1.807, 2.05) is 6.07 Å². The van der Waals surface area contributed by atoms with Gasteiger partial charge < -0.3 is 14.3 Å². The first kappa shape index (κ1) is 15.8. The number of rotatable bonds is 4. The topological polar surface area (TPSA) is 33.2 Å². The molecule has 2 heterocycles. The van der Waals surface area contributed by atoms with Gasteiger partial charge in [-0.05, 0) is 49.5 Å². The highest BCUT2D eigenvalue weighted by atomic mass is 16.5. The van der Waals surface area contributed by atoms with Crippen LogP contribution in [0.4, 0.5) is 0 Å². The fraction of sp³-hybridized carbons (Fsp3) is 0.238. The molecule has 0 bridgehead atoms. The molecule has 0 saturated carbocycles. The van der Waals surface area contributed by atoms with Gasteiger partial charge in [0, 0.05) is 41.2 Å². The minimum atomic E-state index is 0.159. The molecular formula is C21H23N3O. The minimum absolute atomic E-state index is 0.159. The Morgan fingerprint density at radius 1 is 1.04 bits per heavy atom. The predicted octanol–water partition coefficient (Wildman–Crippen LogP) is 4.32. The summed E-state index contributed by atoms with van der Waals surface area (Å²) in [7, 11) is 8.08. The third-order valence-electron chi connectivity index (χ3n) is 4.95. The molecule has 1 atom stereocenters. The number of methoxy groups -OCH3 is 1. The van der Waals surface area contributed by atoms with Gasteiger partial charge in [0.1, 0.15) is 5.75 Å². The number of benzene rings is 2. The van der Waals surface area contributed by atoms with E-state index < -0.39 is 0 Å². The van der Waals surface area contributed by atoms with E-state index in [-0.39, 0.29) is 6.04 Å². The number of nitrogens with one attached hydrogen (secondary N) is 1. The van der Waals surface area contributed by atoms with Gasteiger partial charge >= 0.3 is 0 Å². The van der Waals surface area contributed by atoms with Crippen LogP contribution in [0.25, 0.3) is 21.8 Å². The zero-order valence-corrected chi connectivity index (χ0v) is 15.1. The summed E-state index contributed by atoms with van der Waals surface area (Å²) in [4.78, 5) is 5.68. The molecule has 128 valence electrons. The second-order valence-electron chi connectivity index (χ2n) is 6.73. The van der Waals surface area contributed by atoms with E-state index in [1.165, 1.54) is 27.4 Å². The molecule has 1 unspecified atom stereocenters. The van der Waals surface area contributed by atoms with Crippen LogP contribution >= 0.6 is 0 Å². The zero-order chi connectivity index (χ0) is 17.6. The smallest absolute Gasteiger partial charge is 0.119 e. The monoisotopic (exact) mass is 333 g/mol. The van der Waals surface area contributed by atoms with Crippen LogP contribution in [0.5, 0.6) is 5.75 Å². The molecule has 2 aromatic heterocycles. The van der Waals surface area contributed by atoms with Gasteiger partial charge in [-0.1, -0.05) is 18.2 Å². The molecule has 0 fully saturated rings. The molecule has 0 aliphatic rings. The SMILES string of the molecule is COc1ccc2[nH]cc(C(c3cn(C)c4ccccc34)N(C)C)c2c1.